The van der Waals surface area contributed by atoms with Crippen LogP contribution >= 0.6 is 0 Å². The standard InChI is InChI=1S/C13H16FN3O/c14-12-10-11(4-5-15)2-3-13(12)18-9-8-17-7-1-6-16-17/h1-3,6-7,10H,4-5,8-9,15H2. The molecular weight excluding hydrogens is 233 g/mol. The van der Waals surface area contributed by atoms with Crippen molar-refractivity contribution >= 4 is 0 Å². The highest BCUT2D eigenvalue weighted by Crippen LogP contribution is 2.18. The molecule has 2 aromatic rings. The molecule has 1 heterocycles. The highest BCUT2D eigenvalue weighted by molar-refractivity contribution is 5.29. The first kappa shape index (κ1) is 12.6. The Hall–Kier alpha value is -1.88. The highest BCUT2D eigenvalue weighted by atomic mass is 19.1. The number of nitrogens with zero attached hydrogens (tertiary/aromatic N) is 2. The third-order valence-corrected chi connectivity index (χ3v) is 2.57. The fourth-order valence-corrected chi connectivity index (χ4v) is 1.67. The van der Waals surface area contributed by atoms with Crippen molar-refractivity contribution in [3.63, 3.8) is 0 Å². The Bertz CT molecular complexity index is 485. The second kappa shape index (κ2) is 6.16. The van der Waals surface area contributed by atoms with Crippen LogP contribution in [0.1, 0.15) is 5.56 Å². The van der Waals surface area contributed by atoms with E-state index in [2.05, 4.69) is 5.10 Å². The zero-order valence-corrected chi connectivity index (χ0v) is 10.1. The van der Waals surface area contributed by atoms with Gasteiger partial charge in [-0.1, -0.05) is 6.07 Å². The fraction of sp³-hybridized carbons (Fsp3) is 0.308. The molecule has 1 aromatic carbocycles. The summed E-state index contributed by atoms with van der Waals surface area (Å²) >= 11 is 0. The van der Waals surface area contributed by atoms with E-state index in [1.807, 2.05) is 18.3 Å². The summed E-state index contributed by atoms with van der Waals surface area (Å²) in [6.07, 6.45) is 4.21. The number of halogens is 1. The summed E-state index contributed by atoms with van der Waals surface area (Å²) in [5.74, 6) is -0.0793. The number of ether oxygens (including phenoxy) is 1. The summed E-state index contributed by atoms with van der Waals surface area (Å²) in [5.41, 5.74) is 6.30. The Labute approximate surface area is 105 Å². The molecule has 0 saturated carbocycles. The van der Waals surface area contributed by atoms with Crippen LogP contribution in [-0.2, 0) is 13.0 Å². The average molecular weight is 249 g/mol. The first-order valence-corrected chi connectivity index (χ1v) is 5.88. The molecule has 0 saturated heterocycles. The van der Waals surface area contributed by atoms with E-state index in [1.54, 1.807) is 16.9 Å². The molecule has 18 heavy (non-hydrogen) atoms. The zero-order chi connectivity index (χ0) is 12.8. The molecule has 0 atom stereocenters. The normalized spacial score (nSPS) is 10.6. The lowest BCUT2D eigenvalue weighted by Gasteiger charge is -2.08. The molecule has 0 unspecified atom stereocenters. The van der Waals surface area contributed by atoms with Crippen LogP contribution in [0, 0.1) is 5.82 Å². The molecule has 0 aliphatic carbocycles. The van der Waals surface area contributed by atoms with Crippen molar-refractivity contribution in [2.45, 2.75) is 13.0 Å². The van der Waals surface area contributed by atoms with Gasteiger partial charge in [-0.05, 0) is 36.7 Å². The minimum Gasteiger partial charge on any atom is -0.489 e. The SMILES string of the molecule is NCCc1ccc(OCCn2cccn2)c(F)c1. The predicted molar refractivity (Wildman–Crippen MR) is 66.9 cm³/mol. The van der Waals surface area contributed by atoms with E-state index >= 15 is 0 Å². The number of nitrogens with two attached hydrogens (primary N) is 1. The van der Waals surface area contributed by atoms with Crippen molar-refractivity contribution < 1.29 is 9.13 Å². The molecular formula is C13H16FN3O. The Balaban J connectivity index is 1.89. The first-order chi connectivity index (χ1) is 8.79. The van der Waals surface area contributed by atoms with Crippen molar-refractivity contribution in [1.82, 2.24) is 9.78 Å². The van der Waals surface area contributed by atoms with Crippen LogP contribution in [-0.4, -0.2) is 22.9 Å². The van der Waals surface area contributed by atoms with Crippen LogP contribution in [0.25, 0.3) is 0 Å². The van der Waals surface area contributed by atoms with Gasteiger partial charge in [-0.3, -0.25) is 4.68 Å². The molecule has 2 N–H and O–H groups in total. The van der Waals surface area contributed by atoms with Gasteiger partial charge in [-0.15, -0.1) is 0 Å². The minimum absolute atomic E-state index is 0.267. The molecule has 96 valence electrons. The van der Waals surface area contributed by atoms with E-state index in [1.165, 1.54) is 6.07 Å². The smallest absolute Gasteiger partial charge is 0.165 e. The van der Waals surface area contributed by atoms with Gasteiger partial charge >= 0.3 is 0 Å². The number of hydrogen-bond donors (Lipinski definition) is 1. The van der Waals surface area contributed by atoms with E-state index < -0.39 is 0 Å². The lowest BCUT2D eigenvalue weighted by atomic mass is 10.1. The summed E-state index contributed by atoms with van der Waals surface area (Å²) in [6, 6.07) is 6.78. The summed E-state index contributed by atoms with van der Waals surface area (Å²) in [5, 5.41) is 4.04. The van der Waals surface area contributed by atoms with E-state index in [0.29, 0.717) is 26.1 Å². The number of benzene rings is 1. The Morgan fingerprint density at radius 2 is 2.28 bits per heavy atom. The molecule has 0 radical (unpaired) electrons. The summed E-state index contributed by atoms with van der Waals surface area (Å²) in [6.45, 7) is 1.49. The third kappa shape index (κ3) is 3.30. The van der Waals surface area contributed by atoms with Crippen LogP contribution in [0.5, 0.6) is 5.75 Å². The molecule has 0 amide bonds. The molecule has 4 nitrogen and oxygen atoms in total. The van der Waals surface area contributed by atoms with E-state index in [4.69, 9.17) is 10.5 Å². The molecule has 0 fully saturated rings. The highest BCUT2D eigenvalue weighted by Gasteiger charge is 2.04. The van der Waals surface area contributed by atoms with Crippen LogP contribution < -0.4 is 10.5 Å². The zero-order valence-electron chi connectivity index (χ0n) is 10.1. The van der Waals surface area contributed by atoms with E-state index in [-0.39, 0.29) is 11.6 Å². The van der Waals surface area contributed by atoms with Gasteiger partial charge in [0.15, 0.2) is 11.6 Å². The van der Waals surface area contributed by atoms with Crippen molar-refractivity contribution in [1.29, 1.82) is 0 Å². The molecule has 1 aromatic heterocycles. The number of aromatic nitrogens is 2. The summed E-state index contributed by atoms with van der Waals surface area (Å²) in [7, 11) is 0. The monoisotopic (exact) mass is 249 g/mol. The molecule has 0 bridgehead atoms. The topological polar surface area (TPSA) is 53.1 Å². The lowest BCUT2D eigenvalue weighted by molar-refractivity contribution is 0.278. The van der Waals surface area contributed by atoms with Crippen molar-refractivity contribution in [2.75, 3.05) is 13.2 Å². The van der Waals surface area contributed by atoms with Gasteiger partial charge in [0, 0.05) is 12.4 Å². The van der Waals surface area contributed by atoms with Gasteiger partial charge in [0.1, 0.15) is 6.61 Å². The quantitative estimate of drug-likeness (QED) is 0.846. The molecule has 0 spiro atoms. The van der Waals surface area contributed by atoms with E-state index in [9.17, 15) is 4.39 Å². The minimum atomic E-state index is -0.346. The van der Waals surface area contributed by atoms with Gasteiger partial charge in [-0.25, -0.2) is 4.39 Å². The molecule has 2 rings (SSSR count). The maximum absolute atomic E-state index is 13.7. The molecule has 5 heteroatoms. The predicted octanol–water partition coefficient (Wildman–Crippen LogP) is 1.60. The van der Waals surface area contributed by atoms with Gasteiger partial charge in [0.05, 0.1) is 6.54 Å². The van der Waals surface area contributed by atoms with Crippen LogP contribution in [0.3, 0.4) is 0 Å². The van der Waals surface area contributed by atoms with Gasteiger partial charge < -0.3 is 10.5 Å². The third-order valence-electron chi connectivity index (χ3n) is 2.57. The molecule has 0 aliphatic rings. The first-order valence-electron chi connectivity index (χ1n) is 5.88. The van der Waals surface area contributed by atoms with Crippen molar-refractivity contribution in [2.24, 2.45) is 5.73 Å². The van der Waals surface area contributed by atoms with Gasteiger partial charge in [0.2, 0.25) is 0 Å². The van der Waals surface area contributed by atoms with Gasteiger partial charge in [0.25, 0.3) is 0 Å². The molecule has 0 aliphatic heterocycles. The van der Waals surface area contributed by atoms with E-state index in [0.717, 1.165) is 5.56 Å². The number of rotatable bonds is 6. The Morgan fingerprint density at radius 3 is 2.94 bits per heavy atom. The van der Waals surface area contributed by atoms with Crippen molar-refractivity contribution in [3.8, 4) is 5.75 Å². The summed E-state index contributed by atoms with van der Waals surface area (Å²) < 4.78 is 20.8. The van der Waals surface area contributed by atoms with Crippen LogP contribution in [0.4, 0.5) is 4.39 Å². The Kier molecular flexibility index (Phi) is 4.30. The number of hydrogen-bond acceptors (Lipinski definition) is 3. The average Bonchev–Trinajstić information content (AvgIpc) is 2.85. The van der Waals surface area contributed by atoms with Crippen LogP contribution in [0.15, 0.2) is 36.7 Å². The van der Waals surface area contributed by atoms with Crippen molar-refractivity contribution in [3.05, 3.63) is 48.0 Å². The second-order valence-electron chi connectivity index (χ2n) is 3.92. The maximum Gasteiger partial charge on any atom is 0.165 e. The lowest BCUT2D eigenvalue weighted by Crippen LogP contribution is -2.09. The second-order valence-corrected chi connectivity index (χ2v) is 3.92. The fourth-order valence-electron chi connectivity index (χ4n) is 1.67. The van der Waals surface area contributed by atoms with Crippen LogP contribution in [0.2, 0.25) is 0 Å². The maximum atomic E-state index is 13.7. The largest absolute Gasteiger partial charge is 0.489 e. The van der Waals surface area contributed by atoms with Gasteiger partial charge in [-0.2, -0.15) is 5.10 Å². The summed E-state index contributed by atoms with van der Waals surface area (Å²) in [4.78, 5) is 0. The Morgan fingerprint density at radius 1 is 1.39 bits per heavy atom.